The first-order chi connectivity index (χ1) is 12.0. The molecule has 130 valence electrons. The van der Waals surface area contributed by atoms with E-state index < -0.39 is 0 Å². The molecule has 0 bridgehead atoms. The molecule has 6 heteroatoms. The van der Waals surface area contributed by atoms with E-state index in [0.29, 0.717) is 11.3 Å². The Morgan fingerprint density at radius 3 is 2.72 bits per heavy atom. The Bertz CT molecular complexity index is 927. The van der Waals surface area contributed by atoms with E-state index in [-0.39, 0.29) is 24.1 Å². The molecule has 2 aromatic heterocycles. The maximum Gasteiger partial charge on any atom is 0.291 e. The van der Waals surface area contributed by atoms with E-state index in [9.17, 15) is 9.59 Å². The first kappa shape index (κ1) is 17.0. The van der Waals surface area contributed by atoms with E-state index in [0.717, 1.165) is 12.8 Å². The van der Waals surface area contributed by atoms with Gasteiger partial charge in [-0.1, -0.05) is 30.3 Å². The minimum absolute atomic E-state index is 0.0292. The average Bonchev–Trinajstić information content (AvgIpc) is 3.09. The zero-order valence-corrected chi connectivity index (χ0v) is 14.5. The molecule has 0 saturated heterocycles. The standard InChI is InChI=1S/C19H22N4O2/c1-14(10-11-16-7-4-3-5-8-16)20-18(24)13-23-19(25)17-9-6-12-22(17)15(2)21-23/h3-9,12,14H,10-11,13H2,1-2H3,(H,20,24). The largest absolute Gasteiger partial charge is 0.352 e. The van der Waals surface area contributed by atoms with Crippen LogP contribution in [-0.2, 0) is 17.8 Å². The zero-order valence-electron chi connectivity index (χ0n) is 14.5. The minimum atomic E-state index is -0.261. The summed E-state index contributed by atoms with van der Waals surface area (Å²) in [4.78, 5) is 24.6. The molecule has 1 atom stereocenters. The Balaban J connectivity index is 1.61. The lowest BCUT2D eigenvalue weighted by molar-refractivity contribution is -0.122. The molecule has 0 aliphatic rings. The van der Waals surface area contributed by atoms with Gasteiger partial charge >= 0.3 is 0 Å². The number of aromatic nitrogens is 3. The highest BCUT2D eigenvalue weighted by molar-refractivity contribution is 5.76. The normalized spacial score (nSPS) is 12.2. The summed E-state index contributed by atoms with van der Waals surface area (Å²) in [6.07, 6.45) is 3.53. The number of nitrogens with one attached hydrogen (secondary N) is 1. The molecule has 0 aliphatic carbocycles. The van der Waals surface area contributed by atoms with Crippen molar-refractivity contribution in [3.63, 3.8) is 0 Å². The highest BCUT2D eigenvalue weighted by Gasteiger charge is 2.12. The molecular formula is C19H22N4O2. The van der Waals surface area contributed by atoms with Crippen molar-refractivity contribution >= 4 is 11.4 Å². The van der Waals surface area contributed by atoms with Crippen LogP contribution >= 0.6 is 0 Å². The van der Waals surface area contributed by atoms with E-state index in [4.69, 9.17) is 0 Å². The zero-order chi connectivity index (χ0) is 17.8. The van der Waals surface area contributed by atoms with Crippen LogP contribution in [0.15, 0.2) is 53.5 Å². The van der Waals surface area contributed by atoms with Gasteiger partial charge in [-0.2, -0.15) is 5.10 Å². The Morgan fingerprint density at radius 2 is 1.96 bits per heavy atom. The van der Waals surface area contributed by atoms with Gasteiger partial charge in [0.25, 0.3) is 5.56 Å². The summed E-state index contributed by atoms with van der Waals surface area (Å²) >= 11 is 0. The summed E-state index contributed by atoms with van der Waals surface area (Å²) in [6, 6.07) is 13.7. The average molecular weight is 338 g/mol. The van der Waals surface area contributed by atoms with Crippen molar-refractivity contribution < 1.29 is 4.79 Å². The van der Waals surface area contributed by atoms with Crippen molar-refractivity contribution in [1.29, 1.82) is 0 Å². The molecule has 0 aliphatic heterocycles. The third kappa shape index (κ3) is 3.96. The fraction of sp³-hybridized carbons (Fsp3) is 0.316. The predicted molar refractivity (Wildman–Crippen MR) is 96.6 cm³/mol. The van der Waals surface area contributed by atoms with Crippen molar-refractivity contribution in [2.24, 2.45) is 0 Å². The van der Waals surface area contributed by atoms with Gasteiger partial charge in [-0.25, -0.2) is 4.68 Å². The predicted octanol–water partition coefficient (Wildman–Crippen LogP) is 1.94. The second kappa shape index (κ2) is 7.34. The summed E-state index contributed by atoms with van der Waals surface area (Å²) in [5.41, 5.74) is 1.51. The number of fused-ring (bicyclic) bond motifs is 1. The third-order valence-corrected chi connectivity index (χ3v) is 4.23. The lowest BCUT2D eigenvalue weighted by Gasteiger charge is -2.14. The number of amides is 1. The molecule has 1 N–H and O–H groups in total. The van der Waals surface area contributed by atoms with Crippen molar-refractivity contribution in [3.05, 3.63) is 70.4 Å². The topological polar surface area (TPSA) is 68.4 Å². The number of hydrogen-bond acceptors (Lipinski definition) is 3. The van der Waals surface area contributed by atoms with Crippen LogP contribution in [0.1, 0.15) is 24.7 Å². The Morgan fingerprint density at radius 1 is 1.20 bits per heavy atom. The lowest BCUT2D eigenvalue weighted by Crippen LogP contribution is -2.39. The molecule has 0 spiro atoms. The molecule has 25 heavy (non-hydrogen) atoms. The number of aryl methyl sites for hydroxylation is 2. The first-order valence-electron chi connectivity index (χ1n) is 8.42. The Labute approximate surface area is 146 Å². The summed E-state index contributed by atoms with van der Waals surface area (Å²) in [5.74, 6) is 0.468. The molecule has 1 aromatic carbocycles. The maximum atomic E-state index is 12.4. The van der Waals surface area contributed by atoms with Crippen LogP contribution in [0.5, 0.6) is 0 Å². The second-order valence-corrected chi connectivity index (χ2v) is 6.27. The van der Waals surface area contributed by atoms with E-state index in [2.05, 4.69) is 22.5 Å². The third-order valence-electron chi connectivity index (χ3n) is 4.23. The van der Waals surface area contributed by atoms with Gasteiger partial charge in [0.05, 0.1) is 0 Å². The van der Waals surface area contributed by atoms with Gasteiger partial charge in [0.2, 0.25) is 5.91 Å². The number of hydrogen-bond donors (Lipinski definition) is 1. The molecule has 1 unspecified atom stereocenters. The smallest absolute Gasteiger partial charge is 0.291 e. The van der Waals surface area contributed by atoms with E-state index in [1.807, 2.05) is 32.0 Å². The van der Waals surface area contributed by atoms with Crippen LogP contribution in [0.2, 0.25) is 0 Å². The molecule has 6 nitrogen and oxygen atoms in total. The number of rotatable bonds is 6. The molecule has 2 heterocycles. The van der Waals surface area contributed by atoms with Crippen LogP contribution in [0.3, 0.4) is 0 Å². The van der Waals surface area contributed by atoms with Crippen LogP contribution in [-0.4, -0.2) is 26.1 Å². The number of carbonyl (C=O) groups is 1. The highest BCUT2D eigenvalue weighted by atomic mass is 16.2. The monoisotopic (exact) mass is 338 g/mol. The van der Waals surface area contributed by atoms with Crippen molar-refractivity contribution in [2.75, 3.05) is 0 Å². The minimum Gasteiger partial charge on any atom is -0.352 e. The van der Waals surface area contributed by atoms with Crippen molar-refractivity contribution in [1.82, 2.24) is 19.5 Å². The number of nitrogens with zero attached hydrogens (tertiary/aromatic N) is 3. The highest BCUT2D eigenvalue weighted by Crippen LogP contribution is 2.05. The Hall–Kier alpha value is -2.89. The number of carbonyl (C=O) groups excluding carboxylic acids is 1. The van der Waals surface area contributed by atoms with Crippen LogP contribution in [0.4, 0.5) is 0 Å². The van der Waals surface area contributed by atoms with Crippen LogP contribution in [0.25, 0.3) is 5.52 Å². The first-order valence-corrected chi connectivity index (χ1v) is 8.42. The van der Waals surface area contributed by atoms with E-state index in [1.54, 1.807) is 22.7 Å². The summed E-state index contributed by atoms with van der Waals surface area (Å²) in [6.45, 7) is 3.71. The molecule has 0 radical (unpaired) electrons. The van der Waals surface area contributed by atoms with E-state index >= 15 is 0 Å². The van der Waals surface area contributed by atoms with Gasteiger partial charge in [0.15, 0.2) is 0 Å². The molecule has 0 saturated carbocycles. The SMILES string of the molecule is Cc1nn(CC(=O)NC(C)CCc2ccccc2)c(=O)c2cccn12. The van der Waals surface area contributed by atoms with Crippen molar-refractivity contribution in [3.8, 4) is 0 Å². The van der Waals surface area contributed by atoms with Gasteiger partial charge in [-0.05, 0) is 44.4 Å². The Kier molecular flexibility index (Phi) is 4.97. The second-order valence-electron chi connectivity index (χ2n) is 6.27. The van der Waals surface area contributed by atoms with Crippen molar-refractivity contribution in [2.45, 2.75) is 39.3 Å². The van der Waals surface area contributed by atoms with Gasteiger partial charge in [-0.15, -0.1) is 0 Å². The quantitative estimate of drug-likeness (QED) is 0.747. The maximum absolute atomic E-state index is 12.4. The fourth-order valence-corrected chi connectivity index (χ4v) is 2.90. The number of benzene rings is 1. The molecule has 1 amide bonds. The van der Waals surface area contributed by atoms with E-state index in [1.165, 1.54) is 10.2 Å². The van der Waals surface area contributed by atoms with Gasteiger partial charge in [-0.3, -0.25) is 14.0 Å². The van der Waals surface area contributed by atoms with Gasteiger partial charge in [0.1, 0.15) is 17.9 Å². The summed E-state index contributed by atoms with van der Waals surface area (Å²) in [7, 11) is 0. The molecular weight excluding hydrogens is 316 g/mol. The summed E-state index contributed by atoms with van der Waals surface area (Å²) < 4.78 is 2.95. The van der Waals surface area contributed by atoms with Crippen LogP contribution < -0.4 is 10.9 Å². The van der Waals surface area contributed by atoms with Gasteiger partial charge in [0, 0.05) is 12.2 Å². The molecule has 3 aromatic rings. The van der Waals surface area contributed by atoms with Gasteiger partial charge < -0.3 is 5.32 Å². The fourth-order valence-electron chi connectivity index (χ4n) is 2.90. The van der Waals surface area contributed by atoms with Crippen LogP contribution in [0, 0.1) is 6.92 Å². The summed E-state index contributed by atoms with van der Waals surface area (Å²) in [5, 5.41) is 7.16. The molecule has 0 fully saturated rings. The molecule has 3 rings (SSSR count). The lowest BCUT2D eigenvalue weighted by atomic mass is 10.1.